The smallest absolute Gasteiger partial charge is 0.293 e. The number of nitro benzene ring substituents is 2. The Morgan fingerprint density at radius 2 is 1.73 bits per heavy atom. The van der Waals surface area contributed by atoms with E-state index >= 15 is 0 Å². The van der Waals surface area contributed by atoms with Crippen LogP contribution >= 0.6 is 0 Å². The van der Waals surface area contributed by atoms with E-state index in [0.717, 1.165) is 23.4 Å². The largest absolute Gasteiger partial charge is 0.361 e. The highest BCUT2D eigenvalue weighted by Gasteiger charge is 2.26. The number of anilines is 1. The molecule has 0 saturated heterocycles. The third-order valence-corrected chi connectivity index (χ3v) is 5.44. The molecule has 9 nitrogen and oxygen atoms in total. The molecule has 0 saturated carbocycles. The third kappa shape index (κ3) is 3.36. The van der Waals surface area contributed by atoms with Crippen molar-refractivity contribution >= 4 is 26.9 Å². The van der Waals surface area contributed by atoms with Crippen LogP contribution in [0.2, 0.25) is 0 Å². The maximum absolute atomic E-state index is 11.7. The molecule has 136 valence electrons. The van der Waals surface area contributed by atoms with Crippen molar-refractivity contribution in [1.29, 1.82) is 0 Å². The van der Waals surface area contributed by atoms with E-state index in [1.165, 1.54) is 24.3 Å². The highest BCUT2D eigenvalue weighted by Crippen LogP contribution is 2.34. The molecule has 10 heteroatoms. The van der Waals surface area contributed by atoms with Gasteiger partial charge in [0.05, 0.1) is 14.7 Å². The summed E-state index contributed by atoms with van der Waals surface area (Å²) in [6, 6.07) is 8.41. The van der Waals surface area contributed by atoms with Crippen molar-refractivity contribution in [3.63, 3.8) is 0 Å². The molecule has 3 rings (SSSR count). The van der Waals surface area contributed by atoms with Gasteiger partial charge >= 0.3 is 0 Å². The van der Waals surface area contributed by atoms with Crippen LogP contribution in [0, 0.1) is 20.2 Å². The number of nitro groups is 2. The summed E-state index contributed by atoms with van der Waals surface area (Å²) in [5, 5.41) is 22.4. The molecule has 1 heterocycles. The fourth-order valence-electron chi connectivity index (χ4n) is 3.01. The van der Waals surface area contributed by atoms with E-state index in [9.17, 15) is 28.6 Å². The monoisotopic (exact) mass is 377 g/mol. The van der Waals surface area contributed by atoms with Crippen molar-refractivity contribution in [3.05, 3.63) is 67.8 Å². The van der Waals surface area contributed by atoms with Gasteiger partial charge in [0.15, 0.2) is 9.84 Å². The number of hydrogen-bond acceptors (Lipinski definition) is 7. The number of fused-ring (bicyclic) bond motifs is 1. The third-order valence-electron chi connectivity index (χ3n) is 4.33. The van der Waals surface area contributed by atoms with Crippen molar-refractivity contribution in [1.82, 2.24) is 0 Å². The van der Waals surface area contributed by atoms with Crippen LogP contribution in [0.1, 0.15) is 11.1 Å². The normalized spacial score (nSPS) is 14.0. The maximum Gasteiger partial charge on any atom is 0.293 e. The van der Waals surface area contributed by atoms with Gasteiger partial charge in [0.25, 0.3) is 11.4 Å². The highest BCUT2D eigenvalue weighted by molar-refractivity contribution is 7.90. The summed E-state index contributed by atoms with van der Waals surface area (Å²) in [4.78, 5) is 22.9. The molecule has 26 heavy (non-hydrogen) atoms. The van der Waals surface area contributed by atoms with Gasteiger partial charge in [-0.05, 0) is 29.7 Å². The number of rotatable bonds is 4. The van der Waals surface area contributed by atoms with Gasteiger partial charge < -0.3 is 4.90 Å². The first-order valence-corrected chi connectivity index (χ1v) is 9.55. The summed E-state index contributed by atoms with van der Waals surface area (Å²) in [6.07, 6.45) is 1.57. The predicted molar refractivity (Wildman–Crippen MR) is 94.1 cm³/mol. The molecule has 0 atom stereocenters. The van der Waals surface area contributed by atoms with Gasteiger partial charge in [-0.25, -0.2) is 8.42 Å². The first-order chi connectivity index (χ1) is 12.2. The molecule has 0 aromatic heterocycles. The lowest BCUT2D eigenvalue weighted by molar-refractivity contribution is -0.384. The Hall–Kier alpha value is -3.01. The van der Waals surface area contributed by atoms with E-state index in [-0.39, 0.29) is 22.8 Å². The van der Waals surface area contributed by atoms with Crippen molar-refractivity contribution in [3.8, 4) is 0 Å². The first kappa shape index (κ1) is 17.8. The number of benzene rings is 2. The summed E-state index contributed by atoms with van der Waals surface area (Å²) in [5.74, 6) is 0. The van der Waals surface area contributed by atoms with E-state index in [4.69, 9.17) is 0 Å². The van der Waals surface area contributed by atoms with Crippen LogP contribution in [-0.2, 0) is 22.8 Å². The molecule has 0 radical (unpaired) electrons. The molecule has 1 aliphatic heterocycles. The van der Waals surface area contributed by atoms with Gasteiger partial charge in [-0.15, -0.1) is 0 Å². The number of hydrogen-bond donors (Lipinski definition) is 0. The molecular formula is C16H15N3O6S. The topological polar surface area (TPSA) is 124 Å². The lowest BCUT2D eigenvalue weighted by Crippen LogP contribution is -2.31. The quantitative estimate of drug-likeness (QED) is 0.592. The van der Waals surface area contributed by atoms with Crippen molar-refractivity contribution in [2.24, 2.45) is 0 Å². The Balaban J connectivity index is 2.01. The molecule has 0 amide bonds. The zero-order valence-electron chi connectivity index (χ0n) is 13.8. The average Bonchev–Trinajstić information content (AvgIpc) is 2.59. The molecule has 1 aliphatic rings. The van der Waals surface area contributed by atoms with Crippen LogP contribution in [0.3, 0.4) is 0 Å². The Morgan fingerprint density at radius 1 is 1.00 bits per heavy atom. The van der Waals surface area contributed by atoms with Crippen LogP contribution in [-0.4, -0.2) is 31.1 Å². The minimum Gasteiger partial charge on any atom is -0.361 e. The molecule has 2 aromatic rings. The van der Waals surface area contributed by atoms with Gasteiger partial charge in [-0.2, -0.15) is 0 Å². The minimum atomic E-state index is -3.57. The second-order valence-electron chi connectivity index (χ2n) is 6.06. The second kappa shape index (κ2) is 6.37. The average molecular weight is 377 g/mol. The molecule has 0 bridgehead atoms. The van der Waals surface area contributed by atoms with Gasteiger partial charge in [0.2, 0.25) is 0 Å². The Kier molecular flexibility index (Phi) is 4.36. The summed E-state index contributed by atoms with van der Waals surface area (Å²) in [6.45, 7) is 0.764. The van der Waals surface area contributed by atoms with E-state index in [1.54, 1.807) is 11.0 Å². The zero-order valence-corrected chi connectivity index (χ0v) is 14.6. The van der Waals surface area contributed by atoms with Crippen molar-refractivity contribution in [2.45, 2.75) is 17.9 Å². The van der Waals surface area contributed by atoms with Crippen LogP contribution in [0.25, 0.3) is 0 Å². The van der Waals surface area contributed by atoms with Gasteiger partial charge in [-0.3, -0.25) is 20.2 Å². The lowest BCUT2D eigenvalue weighted by atomic mass is 9.98. The fourth-order valence-corrected chi connectivity index (χ4v) is 3.65. The van der Waals surface area contributed by atoms with E-state index < -0.39 is 19.7 Å². The van der Waals surface area contributed by atoms with Crippen LogP contribution in [0.5, 0.6) is 0 Å². The van der Waals surface area contributed by atoms with Gasteiger partial charge in [-0.1, -0.05) is 6.07 Å². The molecule has 0 spiro atoms. The summed E-state index contributed by atoms with van der Waals surface area (Å²) < 4.78 is 23.3. The van der Waals surface area contributed by atoms with Crippen molar-refractivity contribution < 1.29 is 18.3 Å². The minimum absolute atomic E-state index is 0.0347. The number of non-ortho nitro benzene ring substituents is 1. The predicted octanol–water partition coefficient (Wildman–Crippen LogP) is 2.47. The van der Waals surface area contributed by atoms with Crippen LogP contribution < -0.4 is 4.90 Å². The van der Waals surface area contributed by atoms with Gasteiger partial charge in [0.1, 0.15) is 5.69 Å². The lowest BCUT2D eigenvalue weighted by Gasteiger charge is -2.30. The highest BCUT2D eigenvalue weighted by atomic mass is 32.2. The second-order valence-corrected chi connectivity index (χ2v) is 8.08. The van der Waals surface area contributed by atoms with Crippen LogP contribution in [0.4, 0.5) is 17.1 Å². The number of nitrogens with zero attached hydrogens (tertiary/aromatic N) is 3. The Morgan fingerprint density at radius 3 is 2.35 bits per heavy atom. The van der Waals surface area contributed by atoms with Crippen molar-refractivity contribution in [2.75, 3.05) is 17.7 Å². The van der Waals surface area contributed by atoms with Crippen LogP contribution in [0.15, 0.2) is 41.3 Å². The van der Waals surface area contributed by atoms with E-state index in [0.29, 0.717) is 18.7 Å². The fraction of sp³-hybridized carbons (Fsp3) is 0.250. The van der Waals surface area contributed by atoms with E-state index in [1.807, 2.05) is 0 Å². The summed E-state index contributed by atoms with van der Waals surface area (Å²) in [5.41, 5.74) is 1.64. The SMILES string of the molecule is CS(=O)(=O)c1ccc(N2CCc3ccc([N+](=O)[O-])cc3C2)c([N+](=O)[O-])c1. The molecule has 2 aromatic carbocycles. The Bertz CT molecular complexity index is 1020. The standard InChI is InChI=1S/C16H15N3O6S/c1-26(24,25)14-4-5-15(16(9-14)19(22)23)17-7-6-11-2-3-13(18(20)21)8-12(11)10-17/h2-5,8-9H,6-7,10H2,1H3. The summed E-state index contributed by atoms with van der Waals surface area (Å²) in [7, 11) is -3.57. The van der Waals surface area contributed by atoms with E-state index in [2.05, 4.69) is 0 Å². The molecule has 0 unspecified atom stereocenters. The maximum atomic E-state index is 11.7. The molecular weight excluding hydrogens is 362 g/mol. The Labute approximate surface area is 149 Å². The molecule has 0 fully saturated rings. The number of sulfone groups is 1. The molecule has 0 aliphatic carbocycles. The van der Waals surface area contributed by atoms with Gasteiger partial charge in [0, 0.05) is 37.5 Å². The summed E-state index contributed by atoms with van der Waals surface area (Å²) >= 11 is 0. The molecule has 0 N–H and O–H groups in total. The first-order valence-electron chi connectivity index (χ1n) is 7.66. The zero-order chi connectivity index (χ0) is 19.1.